The molecular weight excluding hydrogens is 448 g/mol. The molecular formula is C32H54O4. The fraction of sp³-hybridized carbons (Fsp3) is 0.875. The Labute approximate surface area is 221 Å². The van der Waals surface area contributed by atoms with Crippen molar-refractivity contribution < 1.29 is 18.9 Å². The predicted octanol–water partition coefficient (Wildman–Crippen LogP) is 7.09. The standard InChI is InChI=1S/C32H54O4/c1-8-16-35-18-10-11-22(3)25-12-13-26-30-27(21-29(32(25,26)5)36-17-9-2)31(4)15-14-24(33-6)19-23(31)20-28(30)34-7/h8-9,22-30H,1-2,10-21H2,3-7H3/t22-,23+,24-,25-,26+,27+,28-,29+,30+,31+,32-/m1/s1. The summed E-state index contributed by atoms with van der Waals surface area (Å²) in [7, 11) is 3.86. The van der Waals surface area contributed by atoms with E-state index >= 15 is 0 Å². The largest absolute Gasteiger partial charge is 0.381 e. The Hall–Kier alpha value is -0.680. The van der Waals surface area contributed by atoms with Crippen LogP contribution in [0.3, 0.4) is 0 Å². The van der Waals surface area contributed by atoms with E-state index in [-0.39, 0.29) is 5.41 Å². The summed E-state index contributed by atoms with van der Waals surface area (Å²) < 4.78 is 24.7. The van der Waals surface area contributed by atoms with Crippen LogP contribution >= 0.6 is 0 Å². The number of rotatable bonds is 12. The number of methoxy groups -OCH3 is 2. The minimum atomic E-state index is 0.190. The van der Waals surface area contributed by atoms with Gasteiger partial charge in [0, 0.05) is 26.2 Å². The molecule has 4 aliphatic rings. The molecule has 4 heteroatoms. The van der Waals surface area contributed by atoms with Gasteiger partial charge in [-0.1, -0.05) is 32.9 Å². The minimum absolute atomic E-state index is 0.190. The molecule has 0 spiro atoms. The van der Waals surface area contributed by atoms with Crippen LogP contribution in [0.2, 0.25) is 0 Å². The van der Waals surface area contributed by atoms with Crippen molar-refractivity contribution in [3.05, 3.63) is 25.3 Å². The molecule has 0 aliphatic heterocycles. The van der Waals surface area contributed by atoms with Crippen molar-refractivity contribution in [1.82, 2.24) is 0 Å². The molecule has 0 radical (unpaired) electrons. The molecule has 0 amide bonds. The average Bonchev–Trinajstić information content (AvgIpc) is 3.24. The minimum Gasteiger partial charge on any atom is -0.381 e. The summed E-state index contributed by atoms with van der Waals surface area (Å²) in [6.07, 6.45) is 15.8. The summed E-state index contributed by atoms with van der Waals surface area (Å²) >= 11 is 0. The number of hydrogen-bond acceptors (Lipinski definition) is 4. The molecule has 0 N–H and O–H groups in total. The van der Waals surface area contributed by atoms with Gasteiger partial charge in [-0.2, -0.15) is 0 Å². The summed E-state index contributed by atoms with van der Waals surface area (Å²) in [5.41, 5.74) is 0.549. The van der Waals surface area contributed by atoms with Crippen molar-refractivity contribution in [3.8, 4) is 0 Å². The van der Waals surface area contributed by atoms with Crippen molar-refractivity contribution in [3.63, 3.8) is 0 Å². The van der Waals surface area contributed by atoms with Crippen LogP contribution in [0.4, 0.5) is 0 Å². The first-order chi connectivity index (χ1) is 17.3. The lowest BCUT2D eigenvalue weighted by Gasteiger charge is -2.64. The highest BCUT2D eigenvalue weighted by Gasteiger charge is 2.66. The fourth-order valence-electron chi connectivity index (χ4n) is 9.83. The van der Waals surface area contributed by atoms with E-state index in [1.807, 2.05) is 26.4 Å². The summed E-state index contributed by atoms with van der Waals surface area (Å²) in [5.74, 6) is 4.00. The van der Waals surface area contributed by atoms with Gasteiger partial charge in [0.05, 0.1) is 31.5 Å². The average molecular weight is 503 g/mol. The van der Waals surface area contributed by atoms with E-state index in [1.54, 1.807) is 0 Å². The Bertz CT molecular complexity index is 738. The molecule has 11 atom stereocenters. The highest BCUT2D eigenvalue weighted by molar-refractivity contribution is 5.15. The Morgan fingerprint density at radius 3 is 2.42 bits per heavy atom. The van der Waals surface area contributed by atoms with Crippen LogP contribution in [-0.2, 0) is 18.9 Å². The van der Waals surface area contributed by atoms with Gasteiger partial charge in [-0.05, 0) is 98.7 Å². The lowest BCUT2D eigenvalue weighted by atomic mass is 9.43. The van der Waals surface area contributed by atoms with Crippen LogP contribution < -0.4 is 0 Å². The number of hydrogen-bond donors (Lipinski definition) is 0. The SMILES string of the molecule is C=CCOCCC[C@@H](C)[C@H]1CC[C@H]2[C@@H]3[C@H](OC)C[C@@H]4C[C@H](OC)CC[C@]4(C)[C@H]3C[C@H](OCC=C)[C@]12C. The Morgan fingerprint density at radius 2 is 1.72 bits per heavy atom. The van der Waals surface area contributed by atoms with E-state index in [9.17, 15) is 0 Å². The van der Waals surface area contributed by atoms with Crippen LogP contribution in [0.5, 0.6) is 0 Å². The molecule has 4 rings (SSSR count). The van der Waals surface area contributed by atoms with E-state index in [1.165, 1.54) is 51.4 Å². The zero-order valence-corrected chi connectivity index (χ0v) is 23.9. The Morgan fingerprint density at radius 1 is 0.944 bits per heavy atom. The molecule has 206 valence electrons. The van der Waals surface area contributed by atoms with Crippen molar-refractivity contribution in [2.24, 2.45) is 46.3 Å². The monoisotopic (exact) mass is 502 g/mol. The molecule has 4 nitrogen and oxygen atoms in total. The van der Waals surface area contributed by atoms with Gasteiger partial charge >= 0.3 is 0 Å². The van der Waals surface area contributed by atoms with Gasteiger partial charge in [-0.25, -0.2) is 0 Å². The quantitative estimate of drug-likeness (QED) is 0.211. The van der Waals surface area contributed by atoms with Crippen LogP contribution in [0.1, 0.15) is 78.6 Å². The second kappa shape index (κ2) is 12.0. The van der Waals surface area contributed by atoms with Gasteiger partial charge in [0.1, 0.15) is 0 Å². The molecule has 0 aromatic carbocycles. The van der Waals surface area contributed by atoms with Crippen molar-refractivity contribution in [2.45, 2.75) is 96.9 Å². The van der Waals surface area contributed by atoms with Crippen molar-refractivity contribution >= 4 is 0 Å². The van der Waals surface area contributed by atoms with Crippen molar-refractivity contribution in [1.29, 1.82) is 0 Å². The van der Waals surface area contributed by atoms with E-state index in [0.717, 1.165) is 13.0 Å². The maximum Gasteiger partial charge on any atom is 0.0648 e. The van der Waals surface area contributed by atoms with Gasteiger partial charge in [-0.15, -0.1) is 13.2 Å². The molecule has 0 saturated heterocycles. The highest BCUT2D eigenvalue weighted by atomic mass is 16.5. The maximum absolute atomic E-state index is 6.75. The first-order valence-electron chi connectivity index (χ1n) is 14.8. The second-order valence-electron chi connectivity index (χ2n) is 13.0. The fourth-order valence-corrected chi connectivity index (χ4v) is 9.83. The third-order valence-electron chi connectivity index (χ3n) is 11.7. The molecule has 0 aromatic heterocycles. The van der Waals surface area contributed by atoms with E-state index in [0.29, 0.717) is 72.4 Å². The van der Waals surface area contributed by atoms with Gasteiger partial charge < -0.3 is 18.9 Å². The summed E-state index contributed by atoms with van der Waals surface area (Å²) in [6, 6.07) is 0. The van der Waals surface area contributed by atoms with Crippen LogP contribution in [-0.4, -0.2) is 52.4 Å². The lowest BCUT2D eigenvalue weighted by Crippen LogP contribution is -2.63. The van der Waals surface area contributed by atoms with Gasteiger partial charge in [0.2, 0.25) is 0 Å². The first kappa shape index (κ1) is 28.3. The summed E-state index contributed by atoms with van der Waals surface area (Å²) in [5, 5.41) is 0. The topological polar surface area (TPSA) is 36.9 Å². The van der Waals surface area contributed by atoms with Gasteiger partial charge in [-0.3, -0.25) is 0 Å². The molecule has 4 fully saturated rings. The van der Waals surface area contributed by atoms with Crippen LogP contribution in [0, 0.1) is 46.3 Å². The molecule has 0 aromatic rings. The van der Waals surface area contributed by atoms with Crippen molar-refractivity contribution in [2.75, 3.05) is 34.0 Å². The third kappa shape index (κ3) is 5.01. The summed E-state index contributed by atoms with van der Waals surface area (Å²) in [6.45, 7) is 17.6. The number of ether oxygens (including phenoxy) is 4. The second-order valence-corrected chi connectivity index (χ2v) is 13.0. The van der Waals surface area contributed by atoms with Crippen LogP contribution in [0.25, 0.3) is 0 Å². The molecule has 0 unspecified atom stereocenters. The molecule has 4 saturated carbocycles. The van der Waals surface area contributed by atoms with E-state index in [4.69, 9.17) is 18.9 Å². The van der Waals surface area contributed by atoms with E-state index < -0.39 is 0 Å². The highest BCUT2D eigenvalue weighted by Crippen LogP contribution is 2.69. The first-order valence-corrected chi connectivity index (χ1v) is 14.8. The Balaban J connectivity index is 1.60. The lowest BCUT2D eigenvalue weighted by molar-refractivity contribution is -0.221. The van der Waals surface area contributed by atoms with Gasteiger partial charge in [0.25, 0.3) is 0 Å². The summed E-state index contributed by atoms with van der Waals surface area (Å²) in [4.78, 5) is 0. The molecule has 36 heavy (non-hydrogen) atoms. The third-order valence-corrected chi connectivity index (χ3v) is 11.7. The molecule has 0 bridgehead atoms. The smallest absolute Gasteiger partial charge is 0.0648 e. The van der Waals surface area contributed by atoms with E-state index in [2.05, 4.69) is 33.9 Å². The normalized spacial score (nSPS) is 44.8. The molecule has 0 heterocycles. The zero-order valence-electron chi connectivity index (χ0n) is 23.9. The maximum atomic E-state index is 6.75. The Kier molecular flexibility index (Phi) is 9.45. The zero-order chi connectivity index (χ0) is 25.9. The predicted molar refractivity (Wildman–Crippen MR) is 147 cm³/mol. The van der Waals surface area contributed by atoms with Gasteiger partial charge in [0.15, 0.2) is 0 Å². The molecule has 4 aliphatic carbocycles. The van der Waals surface area contributed by atoms with Crippen LogP contribution in [0.15, 0.2) is 25.3 Å². The number of fused-ring (bicyclic) bond motifs is 5.